The second-order valence-corrected chi connectivity index (χ2v) is 6.65. The van der Waals surface area contributed by atoms with Crippen LogP contribution in [-0.2, 0) is 4.74 Å². The van der Waals surface area contributed by atoms with E-state index in [0.29, 0.717) is 6.10 Å². The molecule has 0 atom stereocenters. The summed E-state index contributed by atoms with van der Waals surface area (Å²) < 4.78 is 5.99. The summed E-state index contributed by atoms with van der Waals surface area (Å²) in [6.45, 7) is 13.9. The molecule has 0 aromatic rings. The predicted octanol–water partition coefficient (Wildman–Crippen LogP) is 4.59. The van der Waals surface area contributed by atoms with Gasteiger partial charge >= 0.3 is 0 Å². The third-order valence-electron chi connectivity index (χ3n) is 3.69. The molecular weight excluding hydrogens is 234 g/mol. The number of hydrogen-bond donors (Lipinski definition) is 0. The summed E-state index contributed by atoms with van der Waals surface area (Å²) in [6, 6.07) is 0. The highest BCUT2D eigenvalue weighted by atomic mass is 16.5. The Morgan fingerprint density at radius 1 is 1.00 bits per heavy atom. The van der Waals surface area contributed by atoms with Crippen molar-refractivity contribution >= 4 is 0 Å². The minimum absolute atomic E-state index is 0. The third-order valence-corrected chi connectivity index (χ3v) is 3.69. The summed E-state index contributed by atoms with van der Waals surface area (Å²) in [5.41, 5.74) is 0. The van der Waals surface area contributed by atoms with Crippen molar-refractivity contribution in [2.45, 2.75) is 73.3 Å². The standard InChI is InChI=1S/C16H33NO.CH4/c1-14(2)7-5-6-12-18-16-8-10-17(11-9-16)13-15(3)4;/h14-16H,5-13H2,1-4H3;1H4. The van der Waals surface area contributed by atoms with Gasteiger partial charge in [0.15, 0.2) is 0 Å². The maximum Gasteiger partial charge on any atom is 0.0599 e. The molecule has 116 valence electrons. The molecule has 1 fully saturated rings. The van der Waals surface area contributed by atoms with Gasteiger partial charge in [-0.25, -0.2) is 0 Å². The second-order valence-electron chi connectivity index (χ2n) is 6.65. The lowest BCUT2D eigenvalue weighted by molar-refractivity contribution is 0.00372. The molecule has 19 heavy (non-hydrogen) atoms. The Morgan fingerprint density at radius 3 is 2.16 bits per heavy atom. The number of rotatable bonds is 8. The highest BCUT2D eigenvalue weighted by molar-refractivity contribution is 4.73. The van der Waals surface area contributed by atoms with E-state index in [0.717, 1.165) is 18.4 Å². The molecule has 1 heterocycles. The lowest BCUT2D eigenvalue weighted by Crippen LogP contribution is -2.39. The van der Waals surface area contributed by atoms with Crippen LogP contribution in [0.5, 0.6) is 0 Å². The Balaban J connectivity index is 0.00000324. The van der Waals surface area contributed by atoms with Gasteiger partial charge in [0.05, 0.1) is 6.10 Å². The van der Waals surface area contributed by atoms with E-state index in [1.54, 1.807) is 0 Å². The normalized spacial score (nSPS) is 18.0. The zero-order valence-corrected chi connectivity index (χ0v) is 13.0. The summed E-state index contributed by atoms with van der Waals surface area (Å²) in [7, 11) is 0. The topological polar surface area (TPSA) is 12.5 Å². The van der Waals surface area contributed by atoms with Gasteiger partial charge in [-0.05, 0) is 31.1 Å². The van der Waals surface area contributed by atoms with E-state index in [4.69, 9.17) is 4.74 Å². The van der Waals surface area contributed by atoms with Gasteiger partial charge in [-0.2, -0.15) is 0 Å². The molecule has 0 aromatic carbocycles. The summed E-state index contributed by atoms with van der Waals surface area (Å²) >= 11 is 0. The van der Waals surface area contributed by atoms with Crippen molar-refractivity contribution in [3.8, 4) is 0 Å². The van der Waals surface area contributed by atoms with Gasteiger partial charge in [0.2, 0.25) is 0 Å². The van der Waals surface area contributed by atoms with Crippen molar-refractivity contribution in [2.24, 2.45) is 11.8 Å². The van der Waals surface area contributed by atoms with E-state index in [-0.39, 0.29) is 7.43 Å². The van der Waals surface area contributed by atoms with Crippen LogP contribution in [0.2, 0.25) is 0 Å². The summed E-state index contributed by atoms with van der Waals surface area (Å²) in [5.74, 6) is 1.63. The SMILES string of the molecule is C.CC(C)CCCCOC1CCN(CC(C)C)CC1. The van der Waals surface area contributed by atoms with E-state index in [9.17, 15) is 0 Å². The molecule has 0 amide bonds. The molecule has 0 saturated carbocycles. The van der Waals surface area contributed by atoms with E-state index in [1.165, 1.54) is 51.7 Å². The molecule has 1 saturated heterocycles. The number of nitrogens with zero attached hydrogens (tertiary/aromatic N) is 1. The minimum atomic E-state index is 0. The first-order valence-electron chi connectivity index (χ1n) is 7.92. The molecule has 0 radical (unpaired) electrons. The van der Waals surface area contributed by atoms with Crippen LogP contribution < -0.4 is 0 Å². The van der Waals surface area contributed by atoms with Crippen LogP contribution in [0.1, 0.15) is 67.2 Å². The molecule has 0 aliphatic carbocycles. The monoisotopic (exact) mass is 271 g/mol. The quantitative estimate of drug-likeness (QED) is 0.599. The molecule has 0 aromatic heterocycles. The Labute approximate surface area is 121 Å². The molecule has 0 spiro atoms. The average Bonchev–Trinajstić information content (AvgIpc) is 2.30. The average molecular weight is 271 g/mol. The van der Waals surface area contributed by atoms with Gasteiger partial charge in [-0.1, -0.05) is 48.0 Å². The van der Waals surface area contributed by atoms with Crippen molar-refractivity contribution < 1.29 is 4.74 Å². The van der Waals surface area contributed by atoms with Gasteiger partial charge in [-0.3, -0.25) is 0 Å². The van der Waals surface area contributed by atoms with Crippen molar-refractivity contribution in [2.75, 3.05) is 26.2 Å². The molecular formula is C17H37NO. The van der Waals surface area contributed by atoms with Crippen molar-refractivity contribution in [1.82, 2.24) is 4.90 Å². The van der Waals surface area contributed by atoms with Crippen LogP contribution in [0.4, 0.5) is 0 Å². The van der Waals surface area contributed by atoms with Crippen LogP contribution >= 0.6 is 0 Å². The van der Waals surface area contributed by atoms with E-state index < -0.39 is 0 Å². The van der Waals surface area contributed by atoms with Crippen LogP contribution in [0.3, 0.4) is 0 Å². The number of unbranched alkanes of at least 4 members (excludes halogenated alkanes) is 1. The highest BCUT2D eigenvalue weighted by Crippen LogP contribution is 2.16. The molecule has 2 heteroatoms. The number of likely N-dealkylation sites (tertiary alicyclic amines) is 1. The predicted molar refractivity (Wildman–Crippen MR) is 85.7 cm³/mol. The first-order valence-corrected chi connectivity index (χ1v) is 7.92. The van der Waals surface area contributed by atoms with Gasteiger partial charge in [0.1, 0.15) is 0 Å². The zero-order valence-electron chi connectivity index (χ0n) is 13.0. The highest BCUT2D eigenvalue weighted by Gasteiger charge is 2.19. The third kappa shape index (κ3) is 9.45. The smallest absolute Gasteiger partial charge is 0.0599 e. The lowest BCUT2D eigenvalue weighted by Gasteiger charge is -2.32. The fourth-order valence-corrected chi connectivity index (χ4v) is 2.68. The lowest BCUT2D eigenvalue weighted by atomic mass is 10.1. The van der Waals surface area contributed by atoms with Crippen LogP contribution in [0.15, 0.2) is 0 Å². The largest absolute Gasteiger partial charge is 0.378 e. The number of ether oxygens (including phenoxy) is 1. The zero-order chi connectivity index (χ0) is 13.4. The van der Waals surface area contributed by atoms with E-state index in [1.807, 2.05) is 0 Å². The first kappa shape index (κ1) is 18.9. The Morgan fingerprint density at radius 2 is 1.63 bits per heavy atom. The van der Waals surface area contributed by atoms with Crippen LogP contribution in [-0.4, -0.2) is 37.2 Å². The maximum absolute atomic E-state index is 5.99. The van der Waals surface area contributed by atoms with Crippen LogP contribution in [0.25, 0.3) is 0 Å². The molecule has 2 nitrogen and oxygen atoms in total. The van der Waals surface area contributed by atoms with Crippen molar-refractivity contribution in [3.63, 3.8) is 0 Å². The molecule has 1 aliphatic heterocycles. The summed E-state index contributed by atoms with van der Waals surface area (Å²) in [5, 5.41) is 0. The van der Waals surface area contributed by atoms with Gasteiger partial charge in [0, 0.05) is 26.2 Å². The number of piperidine rings is 1. The first-order chi connectivity index (χ1) is 8.58. The van der Waals surface area contributed by atoms with Gasteiger partial charge in [0.25, 0.3) is 0 Å². The fourth-order valence-electron chi connectivity index (χ4n) is 2.68. The van der Waals surface area contributed by atoms with Crippen molar-refractivity contribution in [1.29, 1.82) is 0 Å². The minimum Gasteiger partial charge on any atom is -0.378 e. The van der Waals surface area contributed by atoms with Gasteiger partial charge in [-0.15, -0.1) is 0 Å². The Hall–Kier alpha value is -0.0800. The van der Waals surface area contributed by atoms with E-state index in [2.05, 4.69) is 32.6 Å². The molecule has 1 rings (SSSR count). The second kappa shape index (κ2) is 10.7. The maximum atomic E-state index is 5.99. The Kier molecular flexibility index (Phi) is 10.6. The fraction of sp³-hybridized carbons (Fsp3) is 1.00. The Bertz CT molecular complexity index is 195. The number of hydrogen-bond acceptors (Lipinski definition) is 2. The van der Waals surface area contributed by atoms with Crippen LogP contribution in [0, 0.1) is 11.8 Å². The molecule has 1 aliphatic rings. The summed E-state index contributed by atoms with van der Waals surface area (Å²) in [6.07, 6.45) is 6.91. The molecule has 0 unspecified atom stereocenters. The van der Waals surface area contributed by atoms with Gasteiger partial charge < -0.3 is 9.64 Å². The van der Waals surface area contributed by atoms with Crippen molar-refractivity contribution in [3.05, 3.63) is 0 Å². The molecule has 0 bridgehead atoms. The molecule has 0 N–H and O–H groups in total. The summed E-state index contributed by atoms with van der Waals surface area (Å²) in [4.78, 5) is 2.59. The van der Waals surface area contributed by atoms with E-state index >= 15 is 0 Å².